The molecule has 3 aromatic rings. The number of aromatic hydroxyl groups is 2. The van der Waals surface area contributed by atoms with Crippen molar-refractivity contribution >= 4 is 11.8 Å². The molecule has 1 atom stereocenters. The molecule has 0 spiro atoms. The first kappa shape index (κ1) is 20.3. The Morgan fingerprint density at radius 1 is 0.857 bits per heavy atom. The Bertz CT molecular complexity index is 925. The van der Waals surface area contributed by atoms with Crippen LogP contribution in [0.1, 0.15) is 50.3 Å². The predicted molar refractivity (Wildman–Crippen MR) is 117 cm³/mol. The highest BCUT2D eigenvalue weighted by atomic mass is 32.2. The van der Waals surface area contributed by atoms with Gasteiger partial charge in [0.25, 0.3) is 0 Å². The van der Waals surface area contributed by atoms with Gasteiger partial charge in [-0.15, -0.1) is 0 Å². The van der Waals surface area contributed by atoms with Crippen molar-refractivity contribution in [1.29, 1.82) is 0 Å². The monoisotopic (exact) mass is 392 g/mol. The summed E-state index contributed by atoms with van der Waals surface area (Å²) < 4.78 is 0. The van der Waals surface area contributed by atoms with Gasteiger partial charge in [-0.25, -0.2) is 0 Å². The first-order chi connectivity index (χ1) is 13.3. The summed E-state index contributed by atoms with van der Waals surface area (Å²) in [6, 6.07) is 21.8. The number of phenols is 2. The molecular formula is C25H28O2S. The topological polar surface area (TPSA) is 40.5 Å². The van der Waals surface area contributed by atoms with Crippen LogP contribution >= 0.6 is 11.8 Å². The lowest BCUT2D eigenvalue weighted by Gasteiger charge is -2.33. The van der Waals surface area contributed by atoms with Gasteiger partial charge in [0.15, 0.2) is 0 Å². The Morgan fingerprint density at radius 2 is 1.50 bits per heavy atom. The highest BCUT2D eigenvalue weighted by molar-refractivity contribution is 7.99. The van der Waals surface area contributed by atoms with E-state index in [-0.39, 0.29) is 17.1 Å². The Hall–Kier alpha value is -2.39. The highest BCUT2D eigenvalue weighted by Crippen LogP contribution is 2.46. The van der Waals surface area contributed by atoms with E-state index in [1.165, 1.54) is 5.56 Å². The highest BCUT2D eigenvalue weighted by Gasteiger charge is 2.31. The molecule has 0 aliphatic rings. The van der Waals surface area contributed by atoms with Crippen molar-refractivity contribution in [2.75, 3.05) is 0 Å². The van der Waals surface area contributed by atoms with E-state index in [1.807, 2.05) is 18.2 Å². The van der Waals surface area contributed by atoms with Gasteiger partial charge in [-0.2, -0.15) is 0 Å². The molecule has 0 fully saturated rings. The zero-order valence-electron chi connectivity index (χ0n) is 16.9. The number of hydrogen-bond acceptors (Lipinski definition) is 3. The molecule has 0 saturated carbocycles. The third-order valence-electron chi connectivity index (χ3n) is 4.96. The summed E-state index contributed by atoms with van der Waals surface area (Å²) in [5, 5.41) is 20.6. The van der Waals surface area contributed by atoms with E-state index < -0.39 is 0 Å². The lowest BCUT2D eigenvalue weighted by molar-refractivity contribution is 0.346. The van der Waals surface area contributed by atoms with Crippen LogP contribution in [-0.4, -0.2) is 10.2 Å². The van der Waals surface area contributed by atoms with Crippen molar-refractivity contribution in [1.82, 2.24) is 0 Å². The fraction of sp³-hybridized carbons (Fsp3) is 0.280. The van der Waals surface area contributed by atoms with Gasteiger partial charge in [0.05, 0.1) is 0 Å². The average molecular weight is 393 g/mol. The lowest BCUT2D eigenvalue weighted by atomic mass is 9.72. The quantitative estimate of drug-likeness (QED) is 0.491. The van der Waals surface area contributed by atoms with Crippen LogP contribution in [-0.2, 0) is 6.42 Å². The van der Waals surface area contributed by atoms with Crippen LogP contribution in [0.15, 0.2) is 76.5 Å². The van der Waals surface area contributed by atoms with Crippen molar-refractivity contribution in [3.05, 3.63) is 83.4 Å². The number of benzene rings is 3. The van der Waals surface area contributed by atoms with Crippen molar-refractivity contribution in [3.63, 3.8) is 0 Å². The first-order valence-electron chi connectivity index (χ1n) is 9.67. The standard InChI is InChI=1S/C25H28O2S/c1-5-17-15-21(28-20-13-11-19(26)12-14-20)16-22(24(17)27)23(25(2,3)4)18-9-7-6-8-10-18/h6-16,23,26-27H,5H2,1-4H3. The maximum atomic E-state index is 11.1. The summed E-state index contributed by atoms with van der Waals surface area (Å²) in [4.78, 5) is 2.16. The second-order valence-corrected chi connectivity index (χ2v) is 9.33. The van der Waals surface area contributed by atoms with Gasteiger partial charge >= 0.3 is 0 Å². The van der Waals surface area contributed by atoms with Gasteiger partial charge in [0, 0.05) is 21.3 Å². The lowest BCUT2D eigenvalue weighted by Crippen LogP contribution is -2.20. The molecular weight excluding hydrogens is 364 g/mol. The molecule has 0 heterocycles. The van der Waals surface area contributed by atoms with Crippen molar-refractivity contribution in [3.8, 4) is 11.5 Å². The Morgan fingerprint density at radius 3 is 2.07 bits per heavy atom. The van der Waals surface area contributed by atoms with Gasteiger partial charge in [-0.1, -0.05) is 69.8 Å². The molecule has 0 amide bonds. The molecule has 0 radical (unpaired) electrons. The van der Waals surface area contributed by atoms with E-state index in [1.54, 1.807) is 23.9 Å². The summed E-state index contributed by atoms with van der Waals surface area (Å²) in [6.07, 6.45) is 0.772. The Balaban J connectivity index is 2.11. The van der Waals surface area contributed by atoms with Crippen LogP contribution in [0.3, 0.4) is 0 Å². The number of hydrogen-bond donors (Lipinski definition) is 2. The van der Waals surface area contributed by atoms with Crippen molar-refractivity contribution < 1.29 is 10.2 Å². The summed E-state index contributed by atoms with van der Waals surface area (Å²) in [7, 11) is 0. The van der Waals surface area contributed by atoms with E-state index in [0.717, 1.165) is 27.3 Å². The second kappa shape index (κ2) is 8.32. The molecule has 1 unspecified atom stereocenters. The van der Waals surface area contributed by atoms with Crippen LogP contribution in [0, 0.1) is 5.41 Å². The van der Waals surface area contributed by atoms with Crippen LogP contribution in [0.25, 0.3) is 0 Å². The fourth-order valence-electron chi connectivity index (χ4n) is 3.68. The van der Waals surface area contributed by atoms with Crippen molar-refractivity contribution in [2.45, 2.75) is 49.8 Å². The zero-order valence-corrected chi connectivity index (χ0v) is 17.8. The predicted octanol–water partition coefficient (Wildman–Crippen LogP) is 6.99. The first-order valence-corrected chi connectivity index (χ1v) is 10.5. The molecule has 0 aliphatic carbocycles. The SMILES string of the molecule is CCc1cc(Sc2ccc(O)cc2)cc(C(c2ccccc2)C(C)(C)C)c1O. The minimum Gasteiger partial charge on any atom is -0.508 e. The average Bonchev–Trinajstić information content (AvgIpc) is 2.66. The number of rotatable bonds is 5. The molecule has 0 bridgehead atoms. The molecule has 146 valence electrons. The largest absolute Gasteiger partial charge is 0.508 e. The normalized spacial score (nSPS) is 12.7. The van der Waals surface area contributed by atoms with E-state index in [2.05, 4.69) is 64.1 Å². The Labute approximate surface area is 172 Å². The molecule has 2 N–H and O–H groups in total. The van der Waals surface area contributed by atoms with Crippen LogP contribution in [0.4, 0.5) is 0 Å². The third-order valence-corrected chi connectivity index (χ3v) is 5.93. The maximum absolute atomic E-state index is 11.1. The zero-order chi connectivity index (χ0) is 20.3. The summed E-state index contributed by atoms with van der Waals surface area (Å²) in [5.74, 6) is 0.752. The fourth-order valence-corrected chi connectivity index (χ4v) is 4.61. The van der Waals surface area contributed by atoms with Gasteiger partial charge in [-0.3, -0.25) is 0 Å². The second-order valence-electron chi connectivity index (χ2n) is 8.18. The van der Waals surface area contributed by atoms with E-state index >= 15 is 0 Å². The van der Waals surface area contributed by atoms with E-state index in [0.29, 0.717) is 5.75 Å². The van der Waals surface area contributed by atoms with Gasteiger partial charge in [0.1, 0.15) is 11.5 Å². The molecule has 3 heteroatoms. The minimum atomic E-state index is -0.0499. The molecule has 0 aromatic heterocycles. The molecule has 28 heavy (non-hydrogen) atoms. The Kier molecular flexibility index (Phi) is 6.04. The summed E-state index contributed by atoms with van der Waals surface area (Å²) >= 11 is 1.65. The van der Waals surface area contributed by atoms with E-state index in [4.69, 9.17) is 0 Å². The van der Waals surface area contributed by atoms with Crippen LogP contribution < -0.4 is 0 Å². The van der Waals surface area contributed by atoms with Gasteiger partial charge < -0.3 is 10.2 Å². The van der Waals surface area contributed by atoms with Crippen LogP contribution in [0.2, 0.25) is 0 Å². The molecule has 0 saturated heterocycles. The molecule has 0 aliphatic heterocycles. The minimum absolute atomic E-state index is 0.0499. The van der Waals surface area contributed by atoms with Gasteiger partial charge in [0.2, 0.25) is 0 Å². The third kappa shape index (κ3) is 4.53. The molecule has 3 aromatic carbocycles. The summed E-state index contributed by atoms with van der Waals surface area (Å²) in [6.45, 7) is 8.73. The smallest absolute Gasteiger partial charge is 0.122 e. The van der Waals surface area contributed by atoms with Gasteiger partial charge in [-0.05, 0) is 59.4 Å². The summed E-state index contributed by atoms with van der Waals surface area (Å²) in [5.41, 5.74) is 3.09. The molecule has 2 nitrogen and oxygen atoms in total. The van der Waals surface area contributed by atoms with Crippen LogP contribution in [0.5, 0.6) is 11.5 Å². The molecule has 3 rings (SSSR count). The maximum Gasteiger partial charge on any atom is 0.122 e. The number of phenolic OH excluding ortho intramolecular Hbond substituents is 2. The van der Waals surface area contributed by atoms with E-state index in [9.17, 15) is 10.2 Å². The number of aryl methyl sites for hydroxylation is 1. The van der Waals surface area contributed by atoms with Crippen molar-refractivity contribution in [2.24, 2.45) is 5.41 Å².